The summed E-state index contributed by atoms with van der Waals surface area (Å²) in [5.74, 6) is 0.980. The molecule has 7 nitrogen and oxygen atoms in total. The number of aromatic nitrogens is 5. The monoisotopic (exact) mass is 338 g/mol. The van der Waals surface area contributed by atoms with Gasteiger partial charge >= 0.3 is 0 Å². The number of amides is 1. The van der Waals surface area contributed by atoms with Crippen LogP contribution in [0.5, 0.6) is 0 Å². The smallest absolute Gasteiger partial charge is 0.243 e. The second-order valence-electron chi connectivity index (χ2n) is 6.64. The van der Waals surface area contributed by atoms with Crippen molar-refractivity contribution in [2.45, 2.75) is 45.7 Å². The number of nitrogens with zero attached hydrogens (tertiary/aromatic N) is 6. The van der Waals surface area contributed by atoms with Crippen molar-refractivity contribution in [3.8, 4) is 0 Å². The van der Waals surface area contributed by atoms with Gasteiger partial charge in [-0.15, -0.1) is 0 Å². The lowest BCUT2D eigenvalue weighted by Gasteiger charge is -2.35. The number of rotatable bonds is 3. The Bertz CT molecular complexity index is 911. The van der Waals surface area contributed by atoms with E-state index in [0.717, 1.165) is 48.7 Å². The first-order valence-electron chi connectivity index (χ1n) is 8.72. The summed E-state index contributed by atoms with van der Waals surface area (Å²) in [7, 11) is 0. The number of hydrogen-bond acceptors (Lipinski definition) is 4. The lowest BCUT2D eigenvalue weighted by molar-refractivity contribution is -0.135. The molecule has 25 heavy (non-hydrogen) atoms. The first-order chi connectivity index (χ1) is 12.1. The maximum Gasteiger partial charge on any atom is 0.243 e. The molecule has 1 saturated heterocycles. The molecule has 0 saturated carbocycles. The third-order valence-electron chi connectivity index (χ3n) is 4.86. The summed E-state index contributed by atoms with van der Waals surface area (Å²) in [6.45, 7) is 4.98. The predicted molar refractivity (Wildman–Crippen MR) is 93.0 cm³/mol. The summed E-state index contributed by atoms with van der Waals surface area (Å²) in [6, 6.07) is 3.98. The summed E-state index contributed by atoms with van der Waals surface area (Å²) in [4.78, 5) is 23.8. The molecular formula is C18H22N6O. The van der Waals surface area contributed by atoms with Crippen molar-refractivity contribution in [2.24, 2.45) is 0 Å². The zero-order valence-corrected chi connectivity index (χ0v) is 14.6. The molecule has 0 aromatic carbocycles. The van der Waals surface area contributed by atoms with E-state index in [9.17, 15) is 4.79 Å². The van der Waals surface area contributed by atoms with E-state index in [2.05, 4.69) is 10.1 Å². The summed E-state index contributed by atoms with van der Waals surface area (Å²) in [6.07, 6.45) is 8.62. The molecule has 4 rings (SSSR count). The first kappa shape index (κ1) is 15.8. The Kier molecular flexibility index (Phi) is 3.99. The number of hydrogen-bond donors (Lipinski definition) is 0. The second kappa shape index (κ2) is 6.31. The predicted octanol–water partition coefficient (Wildman–Crippen LogP) is 2.30. The molecule has 0 bridgehead atoms. The van der Waals surface area contributed by atoms with Crippen LogP contribution in [-0.2, 0) is 11.3 Å². The van der Waals surface area contributed by atoms with Crippen molar-refractivity contribution in [3.63, 3.8) is 0 Å². The topological polar surface area (TPSA) is 68.3 Å². The van der Waals surface area contributed by atoms with Crippen LogP contribution in [0, 0.1) is 13.8 Å². The van der Waals surface area contributed by atoms with Gasteiger partial charge in [0, 0.05) is 31.2 Å². The molecule has 4 heterocycles. The summed E-state index contributed by atoms with van der Waals surface area (Å²) in [5.41, 5.74) is 2.72. The van der Waals surface area contributed by atoms with Gasteiger partial charge in [0.25, 0.3) is 0 Å². The standard InChI is InChI=1S/C18H22N6O/c1-13-11-17-20-15(6-9-24(17)21-13)16-5-3-4-8-23(16)18(25)12-22-10-7-19-14(22)2/h6-7,9-11,16H,3-5,8,12H2,1-2H3. The average Bonchev–Trinajstić information content (AvgIpc) is 3.18. The molecule has 1 aliphatic rings. The molecule has 3 aromatic rings. The second-order valence-corrected chi connectivity index (χ2v) is 6.64. The minimum atomic E-state index is 0.0327. The highest BCUT2D eigenvalue weighted by atomic mass is 16.2. The molecule has 0 radical (unpaired) electrons. The number of carbonyl (C=O) groups is 1. The van der Waals surface area contributed by atoms with Gasteiger partial charge in [0.1, 0.15) is 12.4 Å². The molecule has 3 aromatic heterocycles. The van der Waals surface area contributed by atoms with Crippen LogP contribution >= 0.6 is 0 Å². The van der Waals surface area contributed by atoms with Gasteiger partial charge < -0.3 is 9.47 Å². The van der Waals surface area contributed by atoms with Crippen molar-refractivity contribution in [2.75, 3.05) is 6.54 Å². The van der Waals surface area contributed by atoms with Crippen LogP contribution in [0.2, 0.25) is 0 Å². The minimum absolute atomic E-state index is 0.0327. The van der Waals surface area contributed by atoms with Crippen molar-refractivity contribution in [1.82, 2.24) is 29.0 Å². The fourth-order valence-corrected chi connectivity index (χ4v) is 3.54. The summed E-state index contributed by atoms with van der Waals surface area (Å²) < 4.78 is 3.67. The highest BCUT2D eigenvalue weighted by Gasteiger charge is 2.29. The van der Waals surface area contributed by atoms with Crippen LogP contribution < -0.4 is 0 Å². The summed E-state index contributed by atoms with van der Waals surface area (Å²) in [5, 5.41) is 4.38. The number of fused-ring (bicyclic) bond motifs is 1. The highest BCUT2D eigenvalue weighted by Crippen LogP contribution is 2.30. The largest absolute Gasteiger partial charge is 0.333 e. The van der Waals surface area contributed by atoms with E-state index in [4.69, 9.17) is 4.98 Å². The fourth-order valence-electron chi connectivity index (χ4n) is 3.54. The number of likely N-dealkylation sites (tertiary alicyclic amines) is 1. The molecule has 1 atom stereocenters. The summed E-state index contributed by atoms with van der Waals surface area (Å²) >= 11 is 0. The third kappa shape index (κ3) is 3.01. The number of aryl methyl sites for hydroxylation is 2. The Hall–Kier alpha value is -2.70. The normalized spacial score (nSPS) is 18.0. The van der Waals surface area contributed by atoms with E-state index < -0.39 is 0 Å². The van der Waals surface area contributed by atoms with E-state index in [0.29, 0.717) is 6.54 Å². The Labute approximate surface area is 146 Å². The van der Waals surface area contributed by atoms with E-state index >= 15 is 0 Å². The fraction of sp³-hybridized carbons (Fsp3) is 0.444. The van der Waals surface area contributed by atoms with Crippen LogP contribution in [0.4, 0.5) is 0 Å². The van der Waals surface area contributed by atoms with Gasteiger partial charge in [-0.2, -0.15) is 5.10 Å². The van der Waals surface area contributed by atoms with Crippen LogP contribution in [0.1, 0.15) is 42.5 Å². The van der Waals surface area contributed by atoms with E-state index in [1.165, 1.54) is 0 Å². The number of carbonyl (C=O) groups excluding carboxylic acids is 1. The van der Waals surface area contributed by atoms with Crippen LogP contribution in [-0.4, -0.2) is 41.5 Å². The molecule has 1 unspecified atom stereocenters. The van der Waals surface area contributed by atoms with Crippen LogP contribution in [0.15, 0.2) is 30.7 Å². The molecule has 0 spiro atoms. The van der Waals surface area contributed by atoms with Crippen LogP contribution in [0.3, 0.4) is 0 Å². The molecular weight excluding hydrogens is 316 g/mol. The molecule has 1 fully saturated rings. The van der Waals surface area contributed by atoms with E-state index in [-0.39, 0.29) is 11.9 Å². The molecule has 0 aliphatic carbocycles. The molecule has 1 amide bonds. The maximum absolute atomic E-state index is 12.9. The SMILES string of the molecule is Cc1cc2nc(C3CCCCN3C(=O)Cn3ccnc3C)ccn2n1. The lowest BCUT2D eigenvalue weighted by Crippen LogP contribution is -2.40. The first-order valence-corrected chi connectivity index (χ1v) is 8.72. The van der Waals surface area contributed by atoms with E-state index in [1.807, 2.05) is 47.8 Å². The third-order valence-corrected chi connectivity index (χ3v) is 4.86. The minimum Gasteiger partial charge on any atom is -0.333 e. The Morgan fingerprint density at radius 1 is 1.28 bits per heavy atom. The quantitative estimate of drug-likeness (QED) is 0.735. The Morgan fingerprint density at radius 3 is 2.96 bits per heavy atom. The molecule has 7 heteroatoms. The Morgan fingerprint density at radius 2 is 2.16 bits per heavy atom. The molecule has 0 N–H and O–H groups in total. The van der Waals surface area contributed by atoms with E-state index in [1.54, 1.807) is 10.7 Å². The highest BCUT2D eigenvalue weighted by molar-refractivity contribution is 5.76. The van der Waals surface area contributed by atoms with Gasteiger partial charge in [-0.05, 0) is 39.2 Å². The van der Waals surface area contributed by atoms with Gasteiger partial charge in [0.05, 0.1) is 17.4 Å². The van der Waals surface area contributed by atoms with Gasteiger partial charge in [-0.25, -0.2) is 14.5 Å². The van der Waals surface area contributed by atoms with Gasteiger partial charge in [-0.1, -0.05) is 0 Å². The van der Waals surface area contributed by atoms with Crippen LogP contribution in [0.25, 0.3) is 5.65 Å². The van der Waals surface area contributed by atoms with Gasteiger partial charge in [0.15, 0.2) is 5.65 Å². The zero-order chi connectivity index (χ0) is 17.4. The van der Waals surface area contributed by atoms with Gasteiger partial charge in [0.2, 0.25) is 5.91 Å². The lowest BCUT2D eigenvalue weighted by atomic mass is 9.99. The van der Waals surface area contributed by atoms with Gasteiger partial charge in [-0.3, -0.25) is 4.79 Å². The van der Waals surface area contributed by atoms with Crippen molar-refractivity contribution >= 4 is 11.6 Å². The maximum atomic E-state index is 12.9. The molecule has 130 valence electrons. The van der Waals surface area contributed by atoms with Crippen molar-refractivity contribution in [1.29, 1.82) is 0 Å². The van der Waals surface area contributed by atoms with Crippen molar-refractivity contribution < 1.29 is 4.79 Å². The molecule has 1 aliphatic heterocycles. The number of imidazole rings is 1. The number of piperidine rings is 1. The van der Waals surface area contributed by atoms with Crippen molar-refractivity contribution in [3.05, 3.63) is 47.9 Å². The Balaban J connectivity index is 1.61. The average molecular weight is 338 g/mol. The zero-order valence-electron chi connectivity index (χ0n) is 14.6.